The fourth-order valence-corrected chi connectivity index (χ4v) is 4.67. The molecule has 2 N–H and O–H groups in total. The number of nitrogens with zero attached hydrogens (tertiary/aromatic N) is 7. The van der Waals surface area contributed by atoms with E-state index < -0.39 is 0 Å². The second-order valence-electron chi connectivity index (χ2n) is 9.24. The minimum absolute atomic E-state index is 0.00453. The zero-order chi connectivity index (χ0) is 24.5. The summed E-state index contributed by atoms with van der Waals surface area (Å²) in [5.74, 6) is 0.750. The fraction of sp³-hybridized carbons (Fsp3) is 0.269. The molecule has 36 heavy (non-hydrogen) atoms. The van der Waals surface area contributed by atoms with Crippen LogP contribution < -0.4 is 10.9 Å². The summed E-state index contributed by atoms with van der Waals surface area (Å²) in [7, 11) is 2.12. The Balaban J connectivity index is 1.15. The van der Waals surface area contributed by atoms with Gasteiger partial charge in [0.25, 0.3) is 5.56 Å². The van der Waals surface area contributed by atoms with Gasteiger partial charge in [-0.3, -0.25) is 14.6 Å². The largest absolute Gasteiger partial charge is 0.364 e. The van der Waals surface area contributed by atoms with Gasteiger partial charge < -0.3 is 14.8 Å². The van der Waals surface area contributed by atoms with Gasteiger partial charge in [0, 0.05) is 37.1 Å². The average Bonchev–Trinajstić information content (AvgIpc) is 3.48. The van der Waals surface area contributed by atoms with Crippen LogP contribution in [0.3, 0.4) is 0 Å². The minimum Gasteiger partial charge on any atom is -0.364 e. The zero-order valence-electron chi connectivity index (χ0n) is 20.1. The summed E-state index contributed by atoms with van der Waals surface area (Å²) < 4.78 is 3.58. The van der Waals surface area contributed by atoms with E-state index in [1.54, 1.807) is 22.9 Å². The molecule has 0 amide bonds. The predicted molar refractivity (Wildman–Crippen MR) is 137 cm³/mol. The molecule has 6 rings (SSSR count). The van der Waals surface area contributed by atoms with E-state index in [2.05, 4.69) is 54.7 Å². The number of pyridine rings is 1. The molecule has 5 aromatic rings. The van der Waals surface area contributed by atoms with E-state index in [0.717, 1.165) is 47.5 Å². The Kier molecular flexibility index (Phi) is 5.78. The maximum absolute atomic E-state index is 12.0. The summed E-state index contributed by atoms with van der Waals surface area (Å²) in [5.41, 5.74) is 6.37. The molecule has 0 aliphatic carbocycles. The number of nitrogens with one attached hydrogen (secondary N) is 2. The van der Waals surface area contributed by atoms with Gasteiger partial charge in [-0.25, -0.2) is 9.97 Å². The average molecular weight is 482 g/mol. The number of H-pyrrole nitrogens is 1. The number of anilines is 1. The van der Waals surface area contributed by atoms with Crippen molar-refractivity contribution < 1.29 is 0 Å². The van der Waals surface area contributed by atoms with E-state index in [9.17, 15) is 4.79 Å². The number of aromatic amines is 1. The Morgan fingerprint density at radius 1 is 1.06 bits per heavy atom. The first-order valence-corrected chi connectivity index (χ1v) is 12.0. The number of benzene rings is 1. The van der Waals surface area contributed by atoms with Crippen molar-refractivity contribution in [3.8, 4) is 0 Å². The minimum atomic E-state index is -0.00453. The topological polar surface area (TPSA) is 110 Å². The third-order valence-corrected chi connectivity index (χ3v) is 6.62. The Morgan fingerprint density at radius 3 is 2.72 bits per heavy atom. The molecule has 0 atom stereocenters. The summed E-state index contributed by atoms with van der Waals surface area (Å²) in [4.78, 5) is 23.1. The Morgan fingerprint density at radius 2 is 1.89 bits per heavy atom. The van der Waals surface area contributed by atoms with Crippen LogP contribution in [0.2, 0.25) is 0 Å². The summed E-state index contributed by atoms with van der Waals surface area (Å²) in [6.45, 7) is 3.70. The van der Waals surface area contributed by atoms with Gasteiger partial charge in [-0.05, 0) is 30.7 Å². The van der Waals surface area contributed by atoms with Crippen LogP contribution in [-0.2, 0) is 32.6 Å². The van der Waals surface area contributed by atoms with Crippen LogP contribution >= 0.6 is 0 Å². The fourth-order valence-electron chi connectivity index (χ4n) is 4.67. The number of hydrogen-bond donors (Lipinski definition) is 2. The molecule has 10 nitrogen and oxygen atoms in total. The number of aromatic nitrogens is 7. The molecule has 0 bridgehead atoms. The second-order valence-corrected chi connectivity index (χ2v) is 9.24. The third kappa shape index (κ3) is 4.50. The SMILES string of the molecule is CN1CCc2c(CNc3ncnc4nn(Cc5ccc(Cn6ccccc6=O)cc5)cc34)n[nH]c2C1. The molecule has 10 heteroatoms. The van der Waals surface area contributed by atoms with E-state index in [1.165, 1.54) is 17.6 Å². The molecular formula is C26H27N9O. The Labute approximate surface area is 207 Å². The van der Waals surface area contributed by atoms with Crippen LogP contribution in [0.5, 0.6) is 0 Å². The lowest BCUT2D eigenvalue weighted by atomic mass is 10.0. The van der Waals surface area contributed by atoms with Crippen molar-refractivity contribution in [2.75, 3.05) is 18.9 Å². The third-order valence-electron chi connectivity index (χ3n) is 6.62. The summed E-state index contributed by atoms with van der Waals surface area (Å²) in [6.07, 6.45) is 6.32. The Bertz CT molecular complexity index is 1560. The lowest BCUT2D eigenvalue weighted by Gasteiger charge is -2.22. The first-order chi connectivity index (χ1) is 17.6. The van der Waals surface area contributed by atoms with Crippen LogP contribution in [0.1, 0.15) is 28.1 Å². The molecular weight excluding hydrogens is 454 g/mol. The molecule has 1 aliphatic rings. The number of likely N-dealkylation sites (N-methyl/N-ethyl adjacent to an activating group) is 1. The van der Waals surface area contributed by atoms with Gasteiger partial charge in [0.15, 0.2) is 5.65 Å². The van der Waals surface area contributed by atoms with Crippen molar-refractivity contribution in [2.24, 2.45) is 0 Å². The van der Waals surface area contributed by atoms with Crippen LogP contribution in [-0.4, -0.2) is 53.0 Å². The lowest BCUT2D eigenvalue weighted by molar-refractivity contribution is 0.308. The highest BCUT2D eigenvalue weighted by molar-refractivity contribution is 5.85. The number of rotatable bonds is 7. The van der Waals surface area contributed by atoms with Gasteiger partial charge in [-0.2, -0.15) is 10.2 Å². The number of hydrogen-bond acceptors (Lipinski definition) is 7. The van der Waals surface area contributed by atoms with Gasteiger partial charge in [0.1, 0.15) is 12.1 Å². The maximum atomic E-state index is 12.0. The normalized spacial score (nSPS) is 13.7. The lowest BCUT2D eigenvalue weighted by Crippen LogP contribution is -2.26. The monoisotopic (exact) mass is 481 g/mol. The van der Waals surface area contributed by atoms with E-state index in [0.29, 0.717) is 25.3 Å². The van der Waals surface area contributed by atoms with Gasteiger partial charge in [-0.1, -0.05) is 30.3 Å². The molecule has 1 aliphatic heterocycles. The molecule has 0 saturated heterocycles. The second kappa shape index (κ2) is 9.38. The molecule has 0 spiro atoms. The first kappa shape index (κ1) is 22.2. The van der Waals surface area contributed by atoms with Gasteiger partial charge in [0.2, 0.25) is 0 Å². The van der Waals surface area contributed by atoms with Gasteiger partial charge in [0.05, 0.1) is 36.4 Å². The molecule has 4 aromatic heterocycles. The highest BCUT2D eigenvalue weighted by Crippen LogP contribution is 2.22. The molecule has 182 valence electrons. The predicted octanol–water partition coefficient (Wildman–Crippen LogP) is 2.41. The first-order valence-electron chi connectivity index (χ1n) is 12.0. The highest BCUT2D eigenvalue weighted by atomic mass is 16.1. The van der Waals surface area contributed by atoms with Crippen LogP contribution in [0.15, 0.2) is 66.0 Å². The summed E-state index contributed by atoms with van der Waals surface area (Å²) >= 11 is 0. The van der Waals surface area contributed by atoms with Gasteiger partial charge in [-0.15, -0.1) is 0 Å². The van der Waals surface area contributed by atoms with E-state index >= 15 is 0 Å². The van der Waals surface area contributed by atoms with E-state index in [-0.39, 0.29) is 5.56 Å². The standard InChI is InChI=1S/C26H27N9O/c1-33-11-9-20-22(30-31-23(20)16-33)12-27-25-21-15-35(32-26(21)29-17-28-25)14-19-7-5-18(6-8-19)13-34-10-3-2-4-24(34)36/h2-8,10,15,17H,9,11-14,16H2,1H3,(H,30,31)(H,27,28,29,32). The number of fused-ring (bicyclic) bond motifs is 2. The van der Waals surface area contributed by atoms with Crippen molar-refractivity contribution in [2.45, 2.75) is 32.6 Å². The van der Waals surface area contributed by atoms with Crippen LogP contribution in [0.25, 0.3) is 11.0 Å². The van der Waals surface area contributed by atoms with Crippen molar-refractivity contribution in [3.05, 3.63) is 99.6 Å². The Hall–Kier alpha value is -4.31. The van der Waals surface area contributed by atoms with Crippen molar-refractivity contribution in [3.63, 3.8) is 0 Å². The van der Waals surface area contributed by atoms with Crippen molar-refractivity contribution in [1.82, 2.24) is 39.4 Å². The maximum Gasteiger partial charge on any atom is 0.250 e. The molecule has 0 saturated carbocycles. The molecule has 0 radical (unpaired) electrons. The summed E-state index contributed by atoms with van der Waals surface area (Å²) in [6, 6.07) is 13.4. The van der Waals surface area contributed by atoms with E-state index in [1.807, 2.05) is 29.1 Å². The highest BCUT2D eigenvalue weighted by Gasteiger charge is 2.19. The zero-order valence-corrected chi connectivity index (χ0v) is 20.1. The van der Waals surface area contributed by atoms with Crippen molar-refractivity contribution in [1.29, 1.82) is 0 Å². The van der Waals surface area contributed by atoms with Gasteiger partial charge >= 0.3 is 0 Å². The van der Waals surface area contributed by atoms with E-state index in [4.69, 9.17) is 0 Å². The molecule has 1 aromatic carbocycles. The summed E-state index contributed by atoms with van der Waals surface area (Å²) in [5, 5.41) is 16.7. The van der Waals surface area contributed by atoms with Crippen LogP contribution in [0.4, 0.5) is 5.82 Å². The molecule has 0 unspecified atom stereocenters. The smallest absolute Gasteiger partial charge is 0.250 e. The molecule has 0 fully saturated rings. The molecule has 5 heterocycles. The van der Waals surface area contributed by atoms with Crippen LogP contribution in [0, 0.1) is 0 Å². The van der Waals surface area contributed by atoms with Crippen molar-refractivity contribution >= 4 is 16.9 Å². The quantitative estimate of drug-likeness (QED) is 0.367.